The first kappa shape index (κ1) is 25.3. The van der Waals surface area contributed by atoms with E-state index in [-0.39, 0.29) is 54.8 Å². The van der Waals surface area contributed by atoms with Crippen molar-refractivity contribution < 1.29 is 40.6 Å². The van der Waals surface area contributed by atoms with Crippen LogP contribution in [0.3, 0.4) is 0 Å². The summed E-state index contributed by atoms with van der Waals surface area (Å²) in [4.78, 5) is 10.8. The fraction of sp³-hybridized carbons (Fsp3) is 0.381. The van der Waals surface area contributed by atoms with Crippen LogP contribution in [-0.2, 0) is 30.5 Å². The van der Waals surface area contributed by atoms with Crippen LogP contribution >= 0.6 is 11.6 Å². The van der Waals surface area contributed by atoms with Gasteiger partial charge in [-0.05, 0) is 42.8 Å². The smallest absolute Gasteiger partial charge is 0.417 e. The molecule has 2 aromatic rings. The van der Waals surface area contributed by atoms with E-state index in [9.17, 15) is 26.4 Å². The number of rotatable bonds is 7. The van der Waals surface area contributed by atoms with Crippen molar-refractivity contribution in [3.8, 4) is 16.9 Å². The normalized spacial score (nSPS) is 15.3. The number of ether oxygens (including phenoxy) is 3. The Bertz CT molecular complexity index is 1120. The van der Waals surface area contributed by atoms with Crippen LogP contribution < -0.4 is 4.74 Å². The van der Waals surface area contributed by atoms with Crippen molar-refractivity contribution in [2.75, 3.05) is 39.5 Å². The topological polar surface area (TPSA) is 82.1 Å². The monoisotopic (exact) mass is 507 g/mol. The molecule has 3 rings (SSSR count). The molecule has 0 atom stereocenters. The van der Waals surface area contributed by atoms with Gasteiger partial charge in [0, 0.05) is 23.7 Å². The SMILES string of the molecule is CCOC(=O)COc1ccc(Cl)cc1-c1ccc(S(=O)(=O)N2CCOCC2)c(C(F)(F)F)c1. The molecule has 0 amide bonds. The molecule has 2 aromatic carbocycles. The summed E-state index contributed by atoms with van der Waals surface area (Å²) in [6.45, 7) is 1.42. The Kier molecular flexibility index (Phi) is 7.88. The van der Waals surface area contributed by atoms with Gasteiger partial charge in [0.15, 0.2) is 6.61 Å². The molecule has 12 heteroatoms. The van der Waals surface area contributed by atoms with Gasteiger partial charge in [-0.3, -0.25) is 0 Å². The van der Waals surface area contributed by atoms with Crippen molar-refractivity contribution in [2.45, 2.75) is 18.0 Å². The molecule has 0 aromatic heterocycles. The van der Waals surface area contributed by atoms with Crippen molar-refractivity contribution >= 4 is 27.6 Å². The molecule has 1 heterocycles. The lowest BCUT2D eigenvalue weighted by Crippen LogP contribution is -2.41. The molecule has 7 nitrogen and oxygen atoms in total. The lowest BCUT2D eigenvalue weighted by atomic mass is 10.0. The van der Waals surface area contributed by atoms with E-state index in [0.717, 1.165) is 16.4 Å². The molecule has 1 saturated heterocycles. The standard InChI is InChI=1S/C21H21ClF3NO6S/c1-2-31-20(27)13-32-18-5-4-15(22)12-16(18)14-3-6-19(17(11-14)21(23,24)25)33(28,29)26-7-9-30-10-8-26/h3-6,11-12H,2,7-10,13H2,1H3. The predicted octanol–water partition coefficient (Wildman–Crippen LogP) is 3.99. The minimum Gasteiger partial charge on any atom is -0.481 e. The van der Waals surface area contributed by atoms with E-state index >= 15 is 0 Å². The fourth-order valence-corrected chi connectivity index (χ4v) is 5.04. The third-order valence-corrected chi connectivity index (χ3v) is 6.97. The summed E-state index contributed by atoms with van der Waals surface area (Å²) in [5.74, 6) is -0.564. The van der Waals surface area contributed by atoms with E-state index in [1.54, 1.807) is 6.92 Å². The molecule has 1 aliphatic rings. The summed E-state index contributed by atoms with van der Waals surface area (Å²) >= 11 is 6.03. The number of benzene rings is 2. The van der Waals surface area contributed by atoms with Crippen LogP contribution in [0.1, 0.15) is 12.5 Å². The molecule has 1 fully saturated rings. The first-order valence-electron chi connectivity index (χ1n) is 9.91. The van der Waals surface area contributed by atoms with Crippen molar-refractivity contribution in [1.29, 1.82) is 0 Å². The van der Waals surface area contributed by atoms with E-state index in [2.05, 4.69) is 0 Å². The summed E-state index contributed by atoms with van der Waals surface area (Å²) in [5, 5.41) is 0.215. The molecule has 0 unspecified atom stereocenters. The second-order valence-electron chi connectivity index (χ2n) is 6.96. The minimum absolute atomic E-state index is 0.0182. The van der Waals surface area contributed by atoms with E-state index in [4.69, 9.17) is 25.8 Å². The Hall–Kier alpha value is -2.34. The lowest BCUT2D eigenvalue weighted by molar-refractivity contribution is -0.145. The van der Waals surface area contributed by atoms with Crippen molar-refractivity contribution in [3.63, 3.8) is 0 Å². The second kappa shape index (κ2) is 10.3. The Labute approximate surface area is 194 Å². The molecule has 180 valence electrons. The molecule has 0 N–H and O–H groups in total. The Morgan fingerprint density at radius 3 is 2.48 bits per heavy atom. The van der Waals surface area contributed by atoms with Gasteiger partial charge in [0.2, 0.25) is 10.0 Å². The summed E-state index contributed by atoms with van der Waals surface area (Å²) in [6, 6.07) is 7.12. The number of halogens is 4. The lowest BCUT2D eigenvalue weighted by Gasteiger charge is -2.27. The van der Waals surface area contributed by atoms with E-state index < -0.39 is 39.2 Å². The highest BCUT2D eigenvalue weighted by Gasteiger charge is 2.40. The maximum Gasteiger partial charge on any atom is 0.417 e. The number of esters is 1. The van der Waals surface area contributed by atoms with Crippen LogP contribution in [0.5, 0.6) is 5.75 Å². The summed E-state index contributed by atoms with van der Waals surface area (Å²) in [6.07, 6.45) is -4.95. The molecule has 0 saturated carbocycles. The zero-order valence-corrected chi connectivity index (χ0v) is 19.1. The quantitative estimate of drug-likeness (QED) is 0.527. The first-order valence-corrected chi connectivity index (χ1v) is 11.7. The molecule has 0 radical (unpaired) electrons. The number of hydrogen-bond donors (Lipinski definition) is 0. The van der Waals surface area contributed by atoms with Gasteiger partial charge in [0.1, 0.15) is 5.75 Å². The number of hydrogen-bond acceptors (Lipinski definition) is 6. The second-order valence-corrected chi connectivity index (χ2v) is 9.30. The number of carbonyl (C=O) groups is 1. The Morgan fingerprint density at radius 2 is 1.85 bits per heavy atom. The van der Waals surface area contributed by atoms with Gasteiger partial charge < -0.3 is 14.2 Å². The Balaban J connectivity index is 2.05. The van der Waals surface area contributed by atoms with Gasteiger partial charge in [-0.2, -0.15) is 17.5 Å². The zero-order valence-electron chi connectivity index (χ0n) is 17.5. The van der Waals surface area contributed by atoms with Gasteiger partial charge in [0.25, 0.3) is 0 Å². The number of nitrogens with zero attached hydrogens (tertiary/aromatic N) is 1. The van der Waals surface area contributed by atoms with Gasteiger partial charge in [-0.1, -0.05) is 17.7 Å². The average molecular weight is 508 g/mol. The maximum atomic E-state index is 13.9. The number of alkyl halides is 3. The minimum atomic E-state index is -4.95. The van der Waals surface area contributed by atoms with Crippen LogP contribution in [0, 0.1) is 0 Å². The highest BCUT2D eigenvalue weighted by Crippen LogP contribution is 2.40. The summed E-state index contributed by atoms with van der Waals surface area (Å²) < 4.78 is 83.9. The molecule has 33 heavy (non-hydrogen) atoms. The first-order chi connectivity index (χ1) is 15.5. The molecule has 0 aliphatic carbocycles. The van der Waals surface area contributed by atoms with Crippen LogP contribution in [0.2, 0.25) is 5.02 Å². The maximum absolute atomic E-state index is 13.9. The third kappa shape index (κ3) is 5.97. The van der Waals surface area contributed by atoms with Gasteiger partial charge in [-0.25, -0.2) is 13.2 Å². The molecule has 0 bridgehead atoms. The number of carbonyl (C=O) groups excluding carboxylic acids is 1. The number of sulfonamides is 1. The number of morpholine rings is 1. The zero-order chi connectivity index (χ0) is 24.2. The third-order valence-electron chi connectivity index (χ3n) is 4.78. The van der Waals surface area contributed by atoms with Crippen molar-refractivity contribution in [1.82, 2.24) is 4.31 Å². The van der Waals surface area contributed by atoms with Crippen molar-refractivity contribution in [3.05, 3.63) is 47.0 Å². The predicted molar refractivity (Wildman–Crippen MR) is 114 cm³/mol. The highest BCUT2D eigenvalue weighted by atomic mass is 35.5. The fourth-order valence-electron chi connectivity index (χ4n) is 3.26. The summed E-state index contributed by atoms with van der Waals surface area (Å²) in [7, 11) is -4.41. The van der Waals surface area contributed by atoms with Gasteiger partial charge in [-0.15, -0.1) is 0 Å². The summed E-state index contributed by atoms with van der Waals surface area (Å²) in [5.41, 5.74) is -1.14. The van der Waals surface area contributed by atoms with Crippen LogP contribution in [0.4, 0.5) is 13.2 Å². The van der Waals surface area contributed by atoms with Gasteiger partial charge in [0.05, 0.1) is 30.3 Å². The average Bonchev–Trinajstić information content (AvgIpc) is 2.78. The Morgan fingerprint density at radius 1 is 1.15 bits per heavy atom. The van der Waals surface area contributed by atoms with Crippen molar-refractivity contribution in [2.24, 2.45) is 0 Å². The van der Waals surface area contributed by atoms with Gasteiger partial charge >= 0.3 is 12.1 Å². The van der Waals surface area contributed by atoms with E-state index in [0.29, 0.717) is 0 Å². The molecule has 1 aliphatic heterocycles. The van der Waals surface area contributed by atoms with E-state index in [1.807, 2.05) is 0 Å². The molecule has 0 spiro atoms. The molecular formula is C21H21ClF3NO6S. The van der Waals surface area contributed by atoms with Crippen LogP contribution in [0.15, 0.2) is 41.3 Å². The van der Waals surface area contributed by atoms with Crippen LogP contribution in [-0.4, -0.2) is 58.2 Å². The largest absolute Gasteiger partial charge is 0.481 e. The van der Waals surface area contributed by atoms with Crippen LogP contribution in [0.25, 0.3) is 11.1 Å². The molecular weight excluding hydrogens is 487 g/mol. The van der Waals surface area contributed by atoms with E-state index in [1.165, 1.54) is 24.3 Å². The highest BCUT2D eigenvalue weighted by molar-refractivity contribution is 7.89.